The van der Waals surface area contributed by atoms with Gasteiger partial charge < -0.3 is 19.9 Å². The number of benzene rings is 2. The molecule has 0 saturated carbocycles. The molecule has 1 atom stereocenters. The van der Waals surface area contributed by atoms with E-state index in [2.05, 4.69) is 15.2 Å². The highest BCUT2D eigenvalue weighted by atomic mass is 19.4. The average molecular weight is 462 g/mol. The van der Waals surface area contributed by atoms with Crippen molar-refractivity contribution in [2.45, 2.75) is 25.4 Å². The van der Waals surface area contributed by atoms with Gasteiger partial charge in [0.15, 0.2) is 0 Å². The lowest BCUT2D eigenvalue weighted by Crippen LogP contribution is -2.48. The number of nitrogens with zero attached hydrogens (tertiary/aromatic N) is 3. The molecule has 0 saturated heterocycles. The van der Waals surface area contributed by atoms with Gasteiger partial charge in [0.1, 0.15) is 11.3 Å². The molecule has 172 valence electrons. The van der Waals surface area contributed by atoms with E-state index in [0.717, 1.165) is 24.3 Å². The van der Waals surface area contributed by atoms with Crippen LogP contribution in [0, 0.1) is 11.3 Å². The number of ether oxygens (including phenoxy) is 2. The number of carbonyl (C=O) groups excluding carboxylic acids is 1. The van der Waals surface area contributed by atoms with E-state index in [4.69, 9.17) is 9.84 Å². The van der Waals surface area contributed by atoms with Gasteiger partial charge in [-0.05, 0) is 49.4 Å². The van der Waals surface area contributed by atoms with Crippen LogP contribution in [0.1, 0.15) is 27.6 Å². The zero-order valence-corrected chi connectivity index (χ0v) is 17.3. The smallest absolute Gasteiger partial charge is 0.481 e. The maximum atomic E-state index is 12.6. The molecule has 0 aliphatic rings. The molecule has 1 unspecified atom stereocenters. The molecule has 33 heavy (non-hydrogen) atoms. The molecule has 0 aliphatic carbocycles. The topological polar surface area (TPSA) is 126 Å². The zero-order chi connectivity index (χ0) is 24.4. The van der Waals surface area contributed by atoms with E-state index < -0.39 is 29.5 Å². The second kappa shape index (κ2) is 8.70. The molecule has 0 radical (unpaired) electrons. The minimum atomic E-state index is -4.86. The molecule has 9 nitrogen and oxygen atoms in total. The molecule has 3 aromatic rings. The van der Waals surface area contributed by atoms with Crippen LogP contribution in [-0.2, 0) is 6.54 Å². The molecule has 1 heterocycles. The highest BCUT2D eigenvalue weighted by Crippen LogP contribution is 2.28. The minimum absolute atomic E-state index is 0.00897. The third-order valence-electron chi connectivity index (χ3n) is 4.58. The van der Waals surface area contributed by atoms with Crippen LogP contribution < -0.4 is 14.8 Å². The first-order chi connectivity index (χ1) is 15.4. The predicted molar refractivity (Wildman–Crippen MR) is 108 cm³/mol. The van der Waals surface area contributed by atoms with Crippen LogP contribution >= 0.6 is 0 Å². The number of methoxy groups -OCH3 is 1. The summed E-state index contributed by atoms with van der Waals surface area (Å²) in [4.78, 5) is 23.8. The van der Waals surface area contributed by atoms with Crippen LogP contribution in [0.4, 0.5) is 13.2 Å². The predicted octanol–water partition coefficient (Wildman–Crippen LogP) is 3.35. The molecular weight excluding hydrogens is 445 g/mol. The fourth-order valence-electron chi connectivity index (χ4n) is 3.10. The fraction of sp³-hybridized carbons (Fsp3) is 0.238. The Hall–Kier alpha value is -4.27. The Morgan fingerprint density at radius 1 is 1.18 bits per heavy atom. The monoisotopic (exact) mass is 462 g/mol. The van der Waals surface area contributed by atoms with Crippen molar-refractivity contribution in [2.24, 2.45) is 0 Å². The normalized spacial score (nSPS) is 13.1. The Bertz CT molecular complexity index is 1250. The maximum Gasteiger partial charge on any atom is 0.573 e. The number of nitrogens with one attached hydrogen (secondary N) is 1. The summed E-state index contributed by atoms with van der Waals surface area (Å²) in [6, 6.07) is 10.5. The number of carboxylic acid groups (broad SMARTS) is 1. The van der Waals surface area contributed by atoms with Crippen LogP contribution in [0.3, 0.4) is 0 Å². The van der Waals surface area contributed by atoms with Gasteiger partial charge in [0.05, 0.1) is 36.2 Å². The van der Waals surface area contributed by atoms with Gasteiger partial charge in [0.25, 0.3) is 5.91 Å². The van der Waals surface area contributed by atoms with Gasteiger partial charge >= 0.3 is 12.3 Å². The van der Waals surface area contributed by atoms with E-state index in [1.165, 1.54) is 36.9 Å². The Kier molecular flexibility index (Phi) is 6.17. The Balaban J connectivity index is 1.83. The van der Waals surface area contributed by atoms with E-state index in [9.17, 15) is 28.0 Å². The summed E-state index contributed by atoms with van der Waals surface area (Å²) in [6.07, 6.45) is -4.86. The highest BCUT2D eigenvalue weighted by Gasteiger charge is 2.32. The summed E-state index contributed by atoms with van der Waals surface area (Å²) in [5, 5.41) is 26.2. The molecule has 3 rings (SSSR count). The molecular formula is C21H17F3N4O5. The molecule has 2 N–H and O–H groups in total. The largest absolute Gasteiger partial charge is 0.573 e. The molecule has 0 spiro atoms. The third-order valence-corrected chi connectivity index (χ3v) is 4.58. The van der Waals surface area contributed by atoms with E-state index in [1.54, 1.807) is 0 Å². The summed E-state index contributed by atoms with van der Waals surface area (Å²) in [5.41, 5.74) is -1.15. The summed E-state index contributed by atoms with van der Waals surface area (Å²) in [7, 11) is 1.38. The van der Waals surface area contributed by atoms with Crippen LogP contribution in [-0.4, -0.2) is 45.8 Å². The average Bonchev–Trinajstić information content (AvgIpc) is 3.08. The lowest BCUT2D eigenvalue weighted by atomic mass is 10.0. The first-order valence-electron chi connectivity index (χ1n) is 9.32. The van der Waals surface area contributed by atoms with Gasteiger partial charge in [-0.3, -0.25) is 4.79 Å². The van der Waals surface area contributed by atoms with Gasteiger partial charge in [0.2, 0.25) is 5.88 Å². The number of hydrogen-bond acceptors (Lipinski definition) is 6. The van der Waals surface area contributed by atoms with E-state index in [1.807, 2.05) is 6.07 Å². The second-order valence-corrected chi connectivity index (χ2v) is 7.17. The summed E-state index contributed by atoms with van der Waals surface area (Å²) in [6.45, 7) is 1.27. The first-order valence-corrected chi connectivity index (χ1v) is 9.32. The highest BCUT2D eigenvalue weighted by molar-refractivity contribution is 5.95. The number of aromatic carboxylic acids is 1. The summed E-state index contributed by atoms with van der Waals surface area (Å²) in [5.74, 6) is -2.07. The maximum absolute atomic E-state index is 12.6. The lowest BCUT2D eigenvalue weighted by molar-refractivity contribution is -0.274. The zero-order valence-electron chi connectivity index (χ0n) is 17.3. The van der Waals surface area contributed by atoms with Gasteiger partial charge in [-0.2, -0.15) is 10.4 Å². The van der Waals surface area contributed by atoms with Crippen molar-refractivity contribution >= 4 is 22.8 Å². The number of nitriles is 1. The number of amides is 1. The van der Waals surface area contributed by atoms with E-state index in [-0.39, 0.29) is 23.6 Å². The minimum Gasteiger partial charge on any atom is -0.481 e. The molecule has 0 fully saturated rings. The number of halogens is 3. The molecule has 0 aliphatic heterocycles. The Morgan fingerprint density at radius 2 is 1.82 bits per heavy atom. The lowest BCUT2D eigenvalue weighted by Gasteiger charge is -2.24. The van der Waals surface area contributed by atoms with Crippen molar-refractivity contribution in [3.05, 3.63) is 53.6 Å². The SMILES string of the molecule is COc1c2ccc(C(=O)O)cc2nn1CC(C)(C#N)NC(=O)c1ccc(OC(F)(F)F)cc1. The van der Waals surface area contributed by atoms with Crippen molar-refractivity contribution < 1.29 is 37.3 Å². The van der Waals surface area contributed by atoms with Crippen LogP contribution in [0.25, 0.3) is 10.9 Å². The Labute approximate surface area is 184 Å². The molecule has 0 bridgehead atoms. The Morgan fingerprint density at radius 3 is 2.36 bits per heavy atom. The quantitative estimate of drug-likeness (QED) is 0.551. The standard InChI is InChI=1S/C21H17F3N4O5/c1-20(10-25,26-17(29)12-3-6-14(7-4-12)33-21(22,23)24)11-28-18(32-2)15-8-5-13(19(30)31)9-16(15)27-28/h3-9H,11H2,1-2H3,(H,26,29)(H,30,31). The molecule has 1 aromatic heterocycles. The van der Waals surface area contributed by atoms with Crippen molar-refractivity contribution in [2.75, 3.05) is 7.11 Å². The molecule has 1 amide bonds. The van der Waals surface area contributed by atoms with Gasteiger partial charge in [-0.15, -0.1) is 13.2 Å². The van der Waals surface area contributed by atoms with Crippen molar-refractivity contribution in [3.63, 3.8) is 0 Å². The number of hydrogen-bond donors (Lipinski definition) is 2. The van der Waals surface area contributed by atoms with Gasteiger partial charge in [-0.25, -0.2) is 9.48 Å². The van der Waals surface area contributed by atoms with Crippen LogP contribution in [0.5, 0.6) is 11.6 Å². The first kappa shape index (κ1) is 23.4. The van der Waals surface area contributed by atoms with E-state index in [0.29, 0.717) is 10.9 Å². The number of carbonyl (C=O) groups is 2. The summed E-state index contributed by atoms with van der Waals surface area (Å²) < 4.78 is 47.3. The molecule has 12 heteroatoms. The van der Waals surface area contributed by atoms with E-state index >= 15 is 0 Å². The number of rotatable bonds is 7. The van der Waals surface area contributed by atoms with Gasteiger partial charge in [-0.1, -0.05) is 0 Å². The molecule has 2 aromatic carbocycles. The third kappa shape index (κ3) is 5.32. The summed E-state index contributed by atoms with van der Waals surface area (Å²) >= 11 is 0. The number of fused-ring (bicyclic) bond motifs is 1. The van der Waals surface area contributed by atoms with Gasteiger partial charge in [0, 0.05) is 5.56 Å². The van der Waals surface area contributed by atoms with Crippen LogP contribution in [0.15, 0.2) is 42.5 Å². The number of alkyl halides is 3. The fourth-order valence-corrected chi connectivity index (χ4v) is 3.10. The van der Waals surface area contributed by atoms with Crippen LogP contribution in [0.2, 0.25) is 0 Å². The second-order valence-electron chi connectivity index (χ2n) is 7.17. The van der Waals surface area contributed by atoms with Crippen molar-refractivity contribution in [1.29, 1.82) is 5.26 Å². The van der Waals surface area contributed by atoms with Crippen molar-refractivity contribution in [3.8, 4) is 17.7 Å². The number of aromatic nitrogens is 2. The van der Waals surface area contributed by atoms with Crippen molar-refractivity contribution in [1.82, 2.24) is 15.1 Å². The number of carboxylic acids is 1.